The Morgan fingerprint density at radius 3 is 2.17 bits per heavy atom. The van der Waals surface area contributed by atoms with E-state index >= 15 is 0 Å². The Labute approximate surface area is 140 Å². The number of aliphatic hydroxyl groups excluding tert-OH is 1. The van der Waals surface area contributed by atoms with Gasteiger partial charge in [0, 0.05) is 12.8 Å². The van der Waals surface area contributed by atoms with E-state index in [0.29, 0.717) is 12.8 Å². The van der Waals surface area contributed by atoms with E-state index in [1.807, 2.05) is 6.92 Å². The number of Topliss-reactive ketones (excluding diaryl/α,β-unsaturated/α-hetero) is 1. The number of hydrogen-bond acceptors (Lipinski definition) is 4. The third-order valence-electron chi connectivity index (χ3n) is 4.32. The molecule has 1 heterocycles. The maximum absolute atomic E-state index is 12.0. The van der Waals surface area contributed by atoms with Crippen molar-refractivity contribution in [2.75, 3.05) is 0 Å². The number of unbranched alkanes of at least 4 members (excludes halogenated alkanes) is 7. The molecule has 0 aromatic carbocycles. The molecule has 132 valence electrons. The molecule has 1 unspecified atom stereocenters. The third-order valence-corrected chi connectivity index (χ3v) is 4.32. The van der Waals surface area contributed by atoms with Crippen LogP contribution in [0.15, 0.2) is 11.3 Å². The number of aliphatic hydroxyl groups is 1. The molecule has 0 aromatic heterocycles. The highest BCUT2D eigenvalue weighted by Crippen LogP contribution is 2.24. The molecule has 1 fully saturated rings. The minimum Gasteiger partial charge on any atom is -0.511 e. The SMILES string of the molecule is CCCCCCCCCCC1CC(=O)C(=C(O)CCC)C(=O)O1. The van der Waals surface area contributed by atoms with Crippen LogP contribution in [0.4, 0.5) is 0 Å². The Hall–Kier alpha value is -1.32. The van der Waals surface area contributed by atoms with Crippen molar-refractivity contribution in [3.05, 3.63) is 11.3 Å². The lowest BCUT2D eigenvalue weighted by atomic mass is 9.96. The Balaban J connectivity index is 2.25. The molecule has 1 aliphatic heterocycles. The van der Waals surface area contributed by atoms with Crippen molar-refractivity contribution in [3.8, 4) is 0 Å². The number of ether oxygens (including phenoxy) is 1. The van der Waals surface area contributed by atoms with Gasteiger partial charge in [-0.3, -0.25) is 4.79 Å². The molecule has 23 heavy (non-hydrogen) atoms. The van der Waals surface area contributed by atoms with E-state index in [-0.39, 0.29) is 29.6 Å². The predicted molar refractivity (Wildman–Crippen MR) is 91.3 cm³/mol. The van der Waals surface area contributed by atoms with E-state index in [9.17, 15) is 14.7 Å². The highest BCUT2D eigenvalue weighted by Gasteiger charge is 2.34. The number of hydrogen-bond donors (Lipinski definition) is 1. The van der Waals surface area contributed by atoms with Crippen LogP contribution >= 0.6 is 0 Å². The van der Waals surface area contributed by atoms with Gasteiger partial charge in [0.05, 0.1) is 0 Å². The minimum absolute atomic E-state index is 0.118. The van der Waals surface area contributed by atoms with Crippen LogP contribution in [0.5, 0.6) is 0 Å². The molecule has 0 bridgehead atoms. The molecule has 1 atom stereocenters. The van der Waals surface area contributed by atoms with Crippen LogP contribution in [0.3, 0.4) is 0 Å². The van der Waals surface area contributed by atoms with Gasteiger partial charge >= 0.3 is 5.97 Å². The van der Waals surface area contributed by atoms with Gasteiger partial charge in [-0.05, 0) is 19.3 Å². The van der Waals surface area contributed by atoms with Crippen LogP contribution in [-0.2, 0) is 14.3 Å². The smallest absolute Gasteiger partial charge is 0.345 e. The van der Waals surface area contributed by atoms with E-state index in [4.69, 9.17) is 4.74 Å². The quantitative estimate of drug-likeness (QED) is 0.191. The molecule has 0 radical (unpaired) electrons. The zero-order chi connectivity index (χ0) is 17.1. The maximum atomic E-state index is 12.0. The van der Waals surface area contributed by atoms with E-state index < -0.39 is 5.97 Å². The second kappa shape index (κ2) is 11.3. The summed E-state index contributed by atoms with van der Waals surface area (Å²) in [5.41, 5.74) is -0.126. The van der Waals surface area contributed by atoms with Gasteiger partial charge in [0.15, 0.2) is 5.78 Å². The predicted octanol–water partition coefficient (Wildman–Crippen LogP) is 5.01. The van der Waals surface area contributed by atoms with Crippen LogP contribution in [0.2, 0.25) is 0 Å². The summed E-state index contributed by atoms with van der Waals surface area (Å²) in [6.45, 7) is 4.11. The highest BCUT2D eigenvalue weighted by atomic mass is 16.5. The first-order chi connectivity index (χ1) is 11.1. The number of allylic oxidation sites excluding steroid dienone is 1. The summed E-state index contributed by atoms with van der Waals surface area (Å²) in [7, 11) is 0. The van der Waals surface area contributed by atoms with Crippen molar-refractivity contribution in [3.63, 3.8) is 0 Å². The first-order valence-corrected chi connectivity index (χ1v) is 9.26. The van der Waals surface area contributed by atoms with E-state index in [1.54, 1.807) is 0 Å². The van der Waals surface area contributed by atoms with Crippen LogP contribution in [-0.4, -0.2) is 23.0 Å². The molecule has 1 aliphatic rings. The van der Waals surface area contributed by atoms with Gasteiger partial charge < -0.3 is 9.84 Å². The summed E-state index contributed by atoms with van der Waals surface area (Å²) in [5.74, 6) is -1.03. The van der Waals surface area contributed by atoms with Crippen molar-refractivity contribution in [1.29, 1.82) is 0 Å². The lowest BCUT2D eigenvalue weighted by Crippen LogP contribution is -2.33. The number of cyclic esters (lactones) is 1. The third kappa shape index (κ3) is 7.19. The van der Waals surface area contributed by atoms with Crippen molar-refractivity contribution < 1.29 is 19.4 Å². The lowest BCUT2D eigenvalue weighted by Gasteiger charge is -2.23. The Morgan fingerprint density at radius 2 is 1.61 bits per heavy atom. The number of carbonyl (C=O) groups excluding carboxylic acids is 2. The van der Waals surface area contributed by atoms with Crippen LogP contribution in [0.25, 0.3) is 0 Å². The van der Waals surface area contributed by atoms with Gasteiger partial charge in [-0.15, -0.1) is 0 Å². The Morgan fingerprint density at radius 1 is 1.00 bits per heavy atom. The molecule has 4 heteroatoms. The molecule has 0 aliphatic carbocycles. The summed E-state index contributed by atoms with van der Waals surface area (Å²) in [5, 5.41) is 9.79. The van der Waals surface area contributed by atoms with Crippen molar-refractivity contribution in [2.24, 2.45) is 0 Å². The molecule has 1 saturated heterocycles. The fraction of sp³-hybridized carbons (Fsp3) is 0.789. The largest absolute Gasteiger partial charge is 0.511 e. The first kappa shape index (κ1) is 19.7. The molecular weight excluding hydrogens is 292 g/mol. The molecule has 4 nitrogen and oxygen atoms in total. The fourth-order valence-corrected chi connectivity index (χ4v) is 2.98. The zero-order valence-electron chi connectivity index (χ0n) is 14.7. The van der Waals surface area contributed by atoms with E-state index in [2.05, 4.69) is 6.92 Å². The van der Waals surface area contributed by atoms with Gasteiger partial charge in [-0.2, -0.15) is 0 Å². The van der Waals surface area contributed by atoms with Gasteiger partial charge in [0.1, 0.15) is 17.4 Å². The van der Waals surface area contributed by atoms with Gasteiger partial charge in [-0.1, -0.05) is 58.8 Å². The van der Waals surface area contributed by atoms with E-state index in [1.165, 1.54) is 38.5 Å². The minimum atomic E-state index is -0.642. The molecule has 0 spiro atoms. The summed E-state index contributed by atoms with van der Waals surface area (Å²) in [4.78, 5) is 24.0. The lowest BCUT2D eigenvalue weighted by molar-refractivity contribution is -0.151. The summed E-state index contributed by atoms with van der Waals surface area (Å²) in [6, 6.07) is 0. The molecule has 0 amide bonds. The second-order valence-corrected chi connectivity index (χ2v) is 6.49. The molecule has 0 saturated carbocycles. The summed E-state index contributed by atoms with van der Waals surface area (Å²) >= 11 is 0. The number of rotatable bonds is 11. The van der Waals surface area contributed by atoms with Crippen LogP contribution < -0.4 is 0 Å². The van der Waals surface area contributed by atoms with E-state index in [0.717, 1.165) is 19.3 Å². The fourth-order valence-electron chi connectivity index (χ4n) is 2.98. The molecular formula is C19H32O4. The topological polar surface area (TPSA) is 63.6 Å². The Kier molecular flexibility index (Phi) is 9.65. The van der Waals surface area contributed by atoms with Crippen LogP contribution in [0, 0.1) is 0 Å². The molecule has 0 aromatic rings. The second-order valence-electron chi connectivity index (χ2n) is 6.49. The summed E-state index contributed by atoms with van der Waals surface area (Å²) < 4.78 is 5.32. The van der Waals surface area contributed by atoms with Gasteiger partial charge in [-0.25, -0.2) is 4.79 Å². The van der Waals surface area contributed by atoms with Crippen molar-refractivity contribution in [1.82, 2.24) is 0 Å². The molecule has 1 N–H and O–H groups in total. The Bertz CT molecular complexity index is 392. The summed E-state index contributed by atoms with van der Waals surface area (Å²) in [6.07, 6.45) is 11.5. The standard InChI is InChI=1S/C19H32O4/c1-3-5-6-7-8-9-10-11-13-15-14-17(21)18(19(22)23-15)16(20)12-4-2/h15,20H,3-14H2,1-2H3. The van der Waals surface area contributed by atoms with Crippen molar-refractivity contribution >= 4 is 11.8 Å². The maximum Gasteiger partial charge on any atom is 0.345 e. The monoisotopic (exact) mass is 324 g/mol. The van der Waals surface area contributed by atoms with Gasteiger partial charge in [0.25, 0.3) is 0 Å². The number of carbonyl (C=O) groups is 2. The highest BCUT2D eigenvalue weighted by molar-refractivity contribution is 6.19. The van der Waals surface area contributed by atoms with Crippen molar-refractivity contribution in [2.45, 2.75) is 97.0 Å². The zero-order valence-corrected chi connectivity index (χ0v) is 14.7. The number of ketones is 1. The average Bonchev–Trinajstić information content (AvgIpc) is 2.49. The number of esters is 1. The molecule has 1 rings (SSSR count). The van der Waals surface area contributed by atoms with Gasteiger partial charge in [0.2, 0.25) is 0 Å². The normalized spacial score (nSPS) is 20.5. The first-order valence-electron chi connectivity index (χ1n) is 9.26. The van der Waals surface area contributed by atoms with Crippen LogP contribution in [0.1, 0.15) is 90.9 Å². The average molecular weight is 324 g/mol.